The van der Waals surface area contributed by atoms with Gasteiger partial charge in [0.15, 0.2) is 0 Å². The molecule has 0 bridgehead atoms. The van der Waals surface area contributed by atoms with Crippen molar-refractivity contribution in [2.75, 3.05) is 0 Å². The van der Waals surface area contributed by atoms with Crippen LogP contribution in [0.5, 0.6) is 0 Å². The fourth-order valence-electron chi connectivity index (χ4n) is 8.10. The summed E-state index contributed by atoms with van der Waals surface area (Å²) >= 11 is 1.85. The van der Waals surface area contributed by atoms with E-state index in [-0.39, 0.29) is 5.41 Å². The lowest BCUT2D eigenvalue weighted by Gasteiger charge is -2.22. The smallest absolute Gasteiger partial charge is 0.0744 e. The molecule has 6 aromatic carbocycles. The Hall–Kier alpha value is -5.51. The van der Waals surface area contributed by atoms with Gasteiger partial charge in [0.05, 0.1) is 28.1 Å². The van der Waals surface area contributed by atoms with E-state index in [1.165, 1.54) is 69.8 Å². The molecular weight excluding hydrogens is 589 g/mol. The molecule has 0 saturated heterocycles. The molecule has 2 nitrogen and oxygen atoms in total. The fourth-order valence-corrected chi connectivity index (χ4v) is 9.32. The molecule has 3 heterocycles. The predicted octanol–water partition coefficient (Wildman–Crippen LogP) is 12.2. The van der Waals surface area contributed by atoms with Gasteiger partial charge in [-0.15, -0.1) is 11.3 Å². The van der Waals surface area contributed by atoms with Crippen LogP contribution in [0.1, 0.15) is 25.0 Å². The Morgan fingerprint density at radius 1 is 0.553 bits per heavy atom. The summed E-state index contributed by atoms with van der Waals surface area (Å²) in [5.41, 5.74) is 13.2. The molecule has 9 aromatic rings. The molecule has 1 aliphatic rings. The molecule has 0 N–H and O–H groups in total. The van der Waals surface area contributed by atoms with Crippen molar-refractivity contribution >= 4 is 53.3 Å². The molecule has 10 rings (SSSR count). The standard InChI is InChI=1S/C44H30N2S/c1-44(2)35-20-9-6-15-29(35)31-23-24-39-41(42(31)44)34-17-7-10-21-38(34)46(39)28-25-36(27-13-4-3-5-14-27)45-37(26-28)33-19-12-18-32-30-16-8-11-22-40(30)47-43(32)33/h3-26H,1-2H3. The normalized spacial score (nSPS) is 13.5. The van der Waals surface area contributed by atoms with Gasteiger partial charge in [-0.3, -0.25) is 0 Å². The van der Waals surface area contributed by atoms with E-state index in [2.05, 4.69) is 164 Å². The van der Waals surface area contributed by atoms with E-state index in [1.807, 2.05) is 11.3 Å². The second-order valence-electron chi connectivity index (χ2n) is 13.1. The number of para-hydroxylation sites is 1. The Bertz CT molecular complexity index is 2710. The van der Waals surface area contributed by atoms with Crippen LogP contribution in [0.2, 0.25) is 0 Å². The lowest BCUT2D eigenvalue weighted by atomic mass is 9.80. The van der Waals surface area contributed by atoms with E-state index >= 15 is 0 Å². The first-order valence-corrected chi connectivity index (χ1v) is 17.0. The van der Waals surface area contributed by atoms with Gasteiger partial charge in [0.1, 0.15) is 0 Å². The van der Waals surface area contributed by atoms with E-state index in [0.717, 1.165) is 22.6 Å². The first kappa shape index (κ1) is 26.7. The van der Waals surface area contributed by atoms with Crippen LogP contribution >= 0.6 is 11.3 Å². The van der Waals surface area contributed by atoms with Gasteiger partial charge in [0.25, 0.3) is 0 Å². The highest BCUT2D eigenvalue weighted by atomic mass is 32.1. The van der Waals surface area contributed by atoms with Gasteiger partial charge in [0.2, 0.25) is 0 Å². The fraction of sp³-hybridized carbons (Fsp3) is 0.0682. The molecule has 0 atom stereocenters. The average molecular weight is 619 g/mol. The highest BCUT2D eigenvalue weighted by molar-refractivity contribution is 7.26. The van der Waals surface area contributed by atoms with Crippen LogP contribution in [0.3, 0.4) is 0 Å². The van der Waals surface area contributed by atoms with Crippen LogP contribution < -0.4 is 0 Å². The molecule has 0 spiro atoms. The molecule has 1 aliphatic carbocycles. The molecular formula is C44H30N2S. The SMILES string of the molecule is CC1(C)c2ccccc2-c2ccc3c(c21)c1ccccc1n3-c1cc(-c2ccccc2)nc(-c2cccc3c2sc2ccccc23)c1. The first-order valence-electron chi connectivity index (χ1n) is 16.2. The molecule has 47 heavy (non-hydrogen) atoms. The lowest BCUT2D eigenvalue weighted by molar-refractivity contribution is 0.666. The van der Waals surface area contributed by atoms with E-state index in [1.54, 1.807) is 0 Å². The largest absolute Gasteiger partial charge is 0.309 e. The number of fused-ring (bicyclic) bond motifs is 10. The third kappa shape index (κ3) is 3.75. The Morgan fingerprint density at radius 2 is 1.26 bits per heavy atom. The van der Waals surface area contributed by atoms with E-state index in [0.29, 0.717) is 0 Å². The summed E-state index contributed by atoms with van der Waals surface area (Å²) < 4.78 is 5.04. The number of rotatable bonds is 3. The zero-order valence-corrected chi connectivity index (χ0v) is 27.0. The first-order chi connectivity index (χ1) is 23.1. The summed E-state index contributed by atoms with van der Waals surface area (Å²) in [5, 5.41) is 5.21. The van der Waals surface area contributed by atoms with Crippen LogP contribution in [0.15, 0.2) is 146 Å². The summed E-state index contributed by atoms with van der Waals surface area (Å²) in [7, 11) is 0. The molecule has 0 fully saturated rings. The Morgan fingerprint density at radius 3 is 2.15 bits per heavy atom. The second kappa shape index (κ2) is 9.75. The maximum Gasteiger partial charge on any atom is 0.0744 e. The van der Waals surface area contributed by atoms with Crippen molar-refractivity contribution in [1.82, 2.24) is 9.55 Å². The molecule has 3 aromatic heterocycles. The summed E-state index contributed by atoms with van der Waals surface area (Å²) in [4.78, 5) is 5.37. The number of pyridine rings is 1. The Kier molecular flexibility index (Phi) is 5.53. The summed E-state index contributed by atoms with van der Waals surface area (Å²) in [6, 6.07) is 53.0. The third-order valence-electron chi connectivity index (χ3n) is 10.2. The molecule has 0 radical (unpaired) electrons. The second-order valence-corrected chi connectivity index (χ2v) is 14.2. The summed E-state index contributed by atoms with van der Waals surface area (Å²) in [6.45, 7) is 4.76. The van der Waals surface area contributed by atoms with Crippen LogP contribution in [0.4, 0.5) is 0 Å². The third-order valence-corrected chi connectivity index (χ3v) is 11.4. The predicted molar refractivity (Wildman–Crippen MR) is 200 cm³/mol. The zero-order chi connectivity index (χ0) is 31.3. The number of nitrogens with zero attached hydrogens (tertiary/aromatic N) is 2. The number of benzene rings is 6. The zero-order valence-electron chi connectivity index (χ0n) is 26.2. The van der Waals surface area contributed by atoms with E-state index < -0.39 is 0 Å². The lowest BCUT2D eigenvalue weighted by Crippen LogP contribution is -2.15. The van der Waals surface area contributed by atoms with Crippen molar-refractivity contribution < 1.29 is 0 Å². The monoisotopic (exact) mass is 618 g/mol. The number of hydrogen-bond acceptors (Lipinski definition) is 2. The minimum absolute atomic E-state index is 0.115. The molecule has 0 aliphatic heterocycles. The van der Waals surface area contributed by atoms with Gasteiger partial charge in [-0.25, -0.2) is 4.98 Å². The van der Waals surface area contributed by atoms with Gasteiger partial charge < -0.3 is 4.57 Å². The minimum atomic E-state index is -0.115. The van der Waals surface area contributed by atoms with Crippen LogP contribution in [0.25, 0.3) is 81.3 Å². The Labute approximate surface area is 277 Å². The van der Waals surface area contributed by atoms with Crippen molar-refractivity contribution in [3.05, 3.63) is 157 Å². The highest BCUT2D eigenvalue weighted by Gasteiger charge is 2.38. The quantitative estimate of drug-likeness (QED) is 0.193. The van der Waals surface area contributed by atoms with Gasteiger partial charge >= 0.3 is 0 Å². The van der Waals surface area contributed by atoms with Crippen LogP contribution in [0, 0.1) is 0 Å². The van der Waals surface area contributed by atoms with Crippen LogP contribution in [-0.4, -0.2) is 9.55 Å². The maximum absolute atomic E-state index is 5.37. The topological polar surface area (TPSA) is 17.8 Å². The van der Waals surface area contributed by atoms with E-state index in [4.69, 9.17) is 4.98 Å². The number of thiophene rings is 1. The van der Waals surface area contributed by atoms with Gasteiger partial charge in [-0.1, -0.05) is 129 Å². The highest BCUT2D eigenvalue weighted by Crippen LogP contribution is 2.53. The maximum atomic E-state index is 5.37. The van der Waals surface area contributed by atoms with Crippen molar-refractivity contribution in [3.63, 3.8) is 0 Å². The van der Waals surface area contributed by atoms with Crippen molar-refractivity contribution in [3.8, 4) is 39.3 Å². The van der Waals surface area contributed by atoms with Crippen molar-refractivity contribution in [2.24, 2.45) is 0 Å². The average Bonchev–Trinajstić information content (AvgIpc) is 3.74. The summed E-state index contributed by atoms with van der Waals surface area (Å²) in [5.74, 6) is 0. The van der Waals surface area contributed by atoms with E-state index in [9.17, 15) is 0 Å². The molecule has 0 unspecified atom stereocenters. The number of aromatic nitrogens is 2. The Balaban J connectivity index is 1.30. The van der Waals surface area contributed by atoms with Gasteiger partial charge in [-0.2, -0.15) is 0 Å². The van der Waals surface area contributed by atoms with Crippen molar-refractivity contribution in [2.45, 2.75) is 19.3 Å². The molecule has 0 amide bonds. The van der Waals surface area contributed by atoms with Gasteiger partial charge in [-0.05, 0) is 52.6 Å². The van der Waals surface area contributed by atoms with Crippen LogP contribution in [-0.2, 0) is 5.41 Å². The van der Waals surface area contributed by atoms with Gasteiger partial charge in [0, 0.05) is 47.5 Å². The molecule has 3 heteroatoms. The summed E-state index contributed by atoms with van der Waals surface area (Å²) in [6.07, 6.45) is 0. The minimum Gasteiger partial charge on any atom is -0.309 e. The molecule has 0 saturated carbocycles. The number of hydrogen-bond donors (Lipinski definition) is 0. The van der Waals surface area contributed by atoms with Crippen molar-refractivity contribution in [1.29, 1.82) is 0 Å². The molecule has 222 valence electrons.